The lowest BCUT2D eigenvalue weighted by molar-refractivity contribution is -0.0206. The van der Waals surface area contributed by atoms with E-state index in [-0.39, 0.29) is 0 Å². The molecule has 1 aliphatic rings. The van der Waals surface area contributed by atoms with Gasteiger partial charge in [-0.1, -0.05) is 30.3 Å². The highest BCUT2D eigenvalue weighted by Crippen LogP contribution is 2.26. The van der Waals surface area contributed by atoms with Gasteiger partial charge in [-0.25, -0.2) is 0 Å². The van der Waals surface area contributed by atoms with Gasteiger partial charge in [0.1, 0.15) is 0 Å². The van der Waals surface area contributed by atoms with Crippen LogP contribution in [-0.2, 0) is 6.42 Å². The van der Waals surface area contributed by atoms with E-state index in [1.807, 2.05) is 18.2 Å². The van der Waals surface area contributed by atoms with Crippen LogP contribution in [0, 0.1) is 0 Å². The van der Waals surface area contributed by atoms with Crippen LogP contribution >= 0.6 is 0 Å². The third-order valence-electron chi connectivity index (χ3n) is 3.84. The Morgan fingerprint density at radius 1 is 1.17 bits per heavy atom. The molecule has 2 rings (SSSR count). The Morgan fingerprint density at radius 2 is 1.83 bits per heavy atom. The Balaban J connectivity index is 1.83. The van der Waals surface area contributed by atoms with Crippen LogP contribution in [0.2, 0.25) is 0 Å². The summed E-state index contributed by atoms with van der Waals surface area (Å²) in [4.78, 5) is 2.41. The van der Waals surface area contributed by atoms with Crippen molar-refractivity contribution in [3.05, 3.63) is 35.9 Å². The molecule has 1 aromatic carbocycles. The molecule has 1 saturated heterocycles. The van der Waals surface area contributed by atoms with E-state index >= 15 is 0 Å². The van der Waals surface area contributed by atoms with Crippen molar-refractivity contribution in [2.24, 2.45) is 5.73 Å². The molecule has 0 bridgehead atoms. The highest BCUT2D eigenvalue weighted by molar-refractivity contribution is 5.17. The molecule has 0 radical (unpaired) electrons. The zero-order chi connectivity index (χ0) is 12.8. The minimum atomic E-state index is -0.513. The Bertz CT molecular complexity index is 345. The summed E-state index contributed by atoms with van der Waals surface area (Å²) in [6.45, 7) is 3.80. The number of nitrogens with zero attached hydrogens (tertiary/aromatic N) is 1. The Hall–Kier alpha value is -0.900. The number of hydrogen-bond acceptors (Lipinski definition) is 3. The van der Waals surface area contributed by atoms with Crippen molar-refractivity contribution in [1.29, 1.82) is 0 Å². The summed E-state index contributed by atoms with van der Waals surface area (Å²) in [5.41, 5.74) is 6.24. The highest BCUT2D eigenvalue weighted by Gasteiger charge is 2.31. The van der Waals surface area contributed by atoms with Crippen LogP contribution in [0.5, 0.6) is 0 Å². The number of piperidine rings is 1. The maximum absolute atomic E-state index is 10.6. The third-order valence-corrected chi connectivity index (χ3v) is 3.84. The maximum Gasteiger partial charge on any atom is 0.0712 e. The van der Waals surface area contributed by atoms with Crippen molar-refractivity contribution in [1.82, 2.24) is 4.90 Å². The topological polar surface area (TPSA) is 49.5 Å². The van der Waals surface area contributed by atoms with Crippen LogP contribution < -0.4 is 5.73 Å². The third kappa shape index (κ3) is 3.80. The first-order chi connectivity index (χ1) is 8.72. The summed E-state index contributed by atoms with van der Waals surface area (Å²) in [7, 11) is 0. The molecular weight excluding hydrogens is 224 g/mol. The second-order valence-electron chi connectivity index (χ2n) is 5.37. The summed E-state index contributed by atoms with van der Waals surface area (Å²) < 4.78 is 0. The van der Waals surface area contributed by atoms with E-state index in [1.54, 1.807) is 0 Å². The SMILES string of the molecule is NCCCN1CCC(O)(Cc2ccccc2)CC1. The lowest BCUT2D eigenvalue weighted by Gasteiger charge is -2.38. The van der Waals surface area contributed by atoms with Gasteiger partial charge in [-0.15, -0.1) is 0 Å². The average Bonchev–Trinajstić information content (AvgIpc) is 2.39. The van der Waals surface area contributed by atoms with Gasteiger partial charge in [0.2, 0.25) is 0 Å². The molecule has 0 amide bonds. The van der Waals surface area contributed by atoms with Gasteiger partial charge < -0.3 is 15.7 Å². The number of nitrogens with two attached hydrogens (primary N) is 1. The smallest absolute Gasteiger partial charge is 0.0712 e. The summed E-state index contributed by atoms with van der Waals surface area (Å²) in [6.07, 6.45) is 3.56. The van der Waals surface area contributed by atoms with Crippen molar-refractivity contribution in [3.8, 4) is 0 Å². The molecule has 18 heavy (non-hydrogen) atoms. The van der Waals surface area contributed by atoms with Gasteiger partial charge in [-0.3, -0.25) is 0 Å². The van der Waals surface area contributed by atoms with E-state index in [1.165, 1.54) is 5.56 Å². The summed E-state index contributed by atoms with van der Waals surface area (Å²) in [5, 5.41) is 10.6. The standard InChI is InChI=1S/C15H24N2O/c16-9-4-10-17-11-7-15(18,8-12-17)13-14-5-2-1-3-6-14/h1-3,5-6,18H,4,7-13,16H2. The average molecular weight is 248 g/mol. The van der Waals surface area contributed by atoms with Crippen molar-refractivity contribution < 1.29 is 5.11 Å². The molecule has 100 valence electrons. The van der Waals surface area contributed by atoms with Crippen LogP contribution in [0.3, 0.4) is 0 Å². The molecule has 0 unspecified atom stereocenters. The maximum atomic E-state index is 10.6. The van der Waals surface area contributed by atoms with Gasteiger partial charge in [0.05, 0.1) is 5.60 Å². The lowest BCUT2D eigenvalue weighted by Crippen LogP contribution is -2.46. The normalized spacial score (nSPS) is 19.9. The molecule has 1 heterocycles. The number of hydrogen-bond donors (Lipinski definition) is 2. The van der Waals surface area contributed by atoms with Crippen LogP contribution in [0.15, 0.2) is 30.3 Å². The second-order valence-corrected chi connectivity index (χ2v) is 5.37. The summed E-state index contributed by atoms with van der Waals surface area (Å²) in [5.74, 6) is 0. The fourth-order valence-electron chi connectivity index (χ4n) is 2.66. The van der Waals surface area contributed by atoms with Crippen molar-refractivity contribution in [3.63, 3.8) is 0 Å². The van der Waals surface area contributed by atoms with Crippen molar-refractivity contribution in [2.45, 2.75) is 31.3 Å². The number of rotatable bonds is 5. The molecule has 0 atom stereocenters. The first-order valence-corrected chi connectivity index (χ1v) is 6.91. The molecule has 1 aromatic rings. The van der Waals surface area contributed by atoms with E-state index < -0.39 is 5.60 Å². The monoisotopic (exact) mass is 248 g/mol. The van der Waals surface area contributed by atoms with Crippen LogP contribution in [0.1, 0.15) is 24.8 Å². The molecule has 0 aliphatic carbocycles. The Morgan fingerprint density at radius 3 is 2.44 bits per heavy atom. The highest BCUT2D eigenvalue weighted by atomic mass is 16.3. The molecule has 3 N–H and O–H groups in total. The first-order valence-electron chi connectivity index (χ1n) is 6.91. The molecule has 0 aromatic heterocycles. The quantitative estimate of drug-likeness (QED) is 0.828. The lowest BCUT2D eigenvalue weighted by atomic mass is 9.85. The fraction of sp³-hybridized carbons (Fsp3) is 0.600. The zero-order valence-corrected chi connectivity index (χ0v) is 11.0. The van der Waals surface area contributed by atoms with E-state index in [2.05, 4.69) is 17.0 Å². The van der Waals surface area contributed by atoms with Crippen LogP contribution in [0.4, 0.5) is 0 Å². The zero-order valence-electron chi connectivity index (χ0n) is 11.0. The largest absolute Gasteiger partial charge is 0.389 e. The second kappa shape index (κ2) is 6.32. The summed E-state index contributed by atoms with van der Waals surface area (Å²) in [6, 6.07) is 10.3. The van der Waals surface area contributed by atoms with E-state index in [9.17, 15) is 5.11 Å². The van der Waals surface area contributed by atoms with Gasteiger partial charge in [-0.2, -0.15) is 0 Å². The number of benzene rings is 1. The van der Waals surface area contributed by atoms with Crippen LogP contribution in [-0.4, -0.2) is 41.8 Å². The van der Waals surface area contributed by atoms with Crippen LogP contribution in [0.25, 0.3) is 0 Å². The van der Waals surface area contributed by atoms with Gasteiger partial charge in [-0.05, 0) is 37.9 Å². The molecule has 3 nitrogen and oxygen atoms in total. The first kappa shape index (κ1) is 13.5. The van der Waals surface area contributed by atoms with Gasteiger partial charge in [0.15, 0.2) is 0 Å². The van der Waals surface area contributed by atoms with Crippen molar-refractivity contribution in [2.75, 3.05) is 26.2 Å². The van der Waals surface area contributed by atoms with Crippen molar-refractivity contribution >= 4 is 0 Å². The number of aliphatic hydroxyl groups is 1. The fourth-order valence-corrected chi connectivity index (χ4v) is 2.66. The molecule has 0 spiro atoms. The van der Waals surface area contributed by atoms with Gasteiger partial charge >= 0.3 is 0 Å². The minimum Gasteiger partial charge on any atom is -0.389 e. The molecular formula is C15H24N2O. The summed E-state index contributed by atoms with van der Waals surface area (Å²) >= 11 is 0. The molecule has 3 heteroatoms. The van der Waals surface area contributed by atoms with E-state index in [4.69, 9.17) is 5.73 Å². The predicted octanol–water partition coefficient (Wildman–Crippen LogP) is 1.40. The predicted molar refractivity (Wildman–Crippen MR) is 74.4 cm³/mol. The van der Waals surface area contributed by atoms with E-state index in [0.717, 1.165) is 51.9 Å². The Kier molecular flexibility index (Phi) is 4.75. The van der Waals surface area contributed by atoms with Gasteiger partial charge in [0, 0.05) is 19.5 Å². The minimum absolute atomic E-state index is 0.513. The molecule has 0 saturated carbocycles. The Labute approximate surface area is 110 Å². The number of likely N-dealkylation sites (tertiary alicyclic amines) is 1. The van der Waals surface area contributed by atoms with E-state index in [0.29, 0.717) is 0 Å². The molecule has 1 fully saturated rings. The molecule has 1 aliphatic heterocycles. The van der Waals surface area contributed by atoms with Gasteiger partial charge in [0.25, 0.3) is 0 Å².